The van der Waals surface area contributed by atoms with Crippen LogP contribution in [0.5, 0.6) is 0 Å². The number of rotatable bonds is 7. The molecule has 0 aromatic carbocycles. The number of halogens is 1. The highest BCUT2D eigenvalue weighted by molar-refractivity contribution is 9.10. The first-order valence-corrected chi connectivity index (χ1v) is 6.95. The van der Waals surface area contributed by atoms with E-state index in [9.17, 15) is 4.79 Å². The van der Waals surface area contributed by atoms with Gasteiger partial charge in [-0.25, -0.2) is 0 Å². The molecule has 0 saturated carbocycles. The fourth-order valence-electron chi connectivity index (χ4n) is 1.64. The number of pyridine rings is 1. The van der Waals surface area contributed by atoms with Crippen molar-refractivity contribution in [2.75, 3.05) is 13.1 Å². The Balaban J connectivity index is 2.22. The molecular weight excluding hydrogens is 280 g/mol. The Morgan fingerprint density at radius 3 is 2.82 bits per heavy atom. The van der Waals surface area contributed by atoms with Crippen LogP contribution in [0.4, 0.5) is 0 Å². The number of aromatic nitrogens is 1. The highest BCUT2D eigenvalue weighted by atomic mass is 79.9. The van der Waals surface area contributed by atoms with Crippen molar-refractivity contribution in [2.45, 2.75) is 33.2 Å². The monoisotopic (exact) mass is 300 g/mol. The molecule has 0 radical (unpaired) electrons. The molecule has 0 fully saturated rings. The maximum Gasteiger partial charge on any atom is 0.250 e. The maximum absolute atomic E-state index is 11.5. The minimum atomic E-state index is 0.0529. The Bertz CT molecular complexity index is 387. The van der Waals surface area contributed by atoms with Crippen LogP contribution in [0, 0.1) is 5.92 Å². The van der Waals surface area contributed by atoms with E-state index in [-0.39, 0.29) is 5.56 Å². The molecule has 4 heteroatoms. The first-order chi connectivity index (χ1) is 8.09. The highest BCUT2D eigenvalue weighted by Crippen LogP contribution is 2.04. The number of nitrogens with one attached hydrogen (secondary N) is 1. The fourth-order valence-corrected chi connectivity index (χ4v) is 2.02. The van der Waals surface area contributed by atoms with Gasteiger partial charge < -0.3 is 9.88 Å². The van der Waals surface area contributed by atoms with Gasteiger partial charge in [0, 0.05) is 29.8 Å². The predicted octanol–water partition coefficient (Wildman–Crippen LogP) is 2.64. The minimum Gasteiger partial charge on any atom is -0.315 e. The second kappa shape index (κ2) is 7.67. The van der Waals surface area contributed by atoms with E-state index in [2.05, 4.69) is 35.1 Å². The standard InChI is InChI=1S/C13H21BrN2O/c1-11(2)4-3-7-15-8-9-16-10-12(14)5-6-13(16)17/h5-6,10-11,15H,3-4,7-9H2,1-2H3. The molecule has 0 bridgehead atoms. The molecule has 0 atom stereocenters. The van der Waals surface area contributed by atoms with Crippen LogP contribution in [-0.4, -0.2) is 17.7 Å². The summed E-state index contributed by atoms with van der Waals surface area (Å²) in [5, 5.41) is 3.36. The summed E-state index contributed by atoms with van der Waals surface area (Å²) in [6.07, 6.45) is 4.28. The van der Waals surface area contributed by atoms with E-state index in [0.717, 1.165) is 30.0 Å². The lowest BCUT2D eigenvalue weighted by Gasteiger charge is -2.08. The average molecular weight is 301 g/mol. The molecule has 0 saturated heterocycles. The molecule has 0 unspecified atom stereocenters. The van der Waals surface area contributed by atoms with Crippen molar-refractivity contribution in [1.82, 2.24) is 9.88 Å². The largest absolute Gasteiger partial charge is 0.315 e. The molecule has 0 amide bonds. The molecule has 1 aromatic rings. The van der Waals surface area contributed by atoms with Crippen LogP contribution in [-0.2, 0) is 6.54 Å². The third-order valence-electron chi connectivity index (χ3n) is 2.61. The molecule has 17 heavy (non-hydrogen) atoms. The van der Waals surface area contributed by atoms with Crippen LogP contribution < -0.4 is 10.9 Å². The summed E-state index contributed by atoms with van der Waals surface area (Å²) in [6.45, 7) is 7.07. The van der Waals surface area contributed by atoms with Crippen molar-refractivity contribution in [2.24, 2.45) is 5.92 Å². The minimum absolute atomic E-state index is 0.0529. The molecule has 0 aliphatic carbocycles. The quantitative estimate of drug-likeness (QED) is 0.786. The van der Waals surface area contributed by atoms with Crippen LogP contribution in [0.2, 0.25) is 0 Å². The maximum atomic E-state index is 11.5. The van der Waals surface area contributed by atoms with Crippen LogP contribution in [0.15, 0.2) is 27.6 Å². The van der Waals surface area contributed by atoms with Gasteiger partial charge in [0.1, 0.15) is 0 Å². The van der Waals surface area contributed by atoms with Crippen LogP contribution in [0.3, 0.4) is 0 Å². The normalized spacial score (nSPS) is 11.1. The molecule has 96 valence electrons. The van der Waals surface area contributed by atoms with Crippen molar-refractivity contribution in [3.8, 4) is 0 Å². The Labute approximate surface area is 111 Å². The van der Waals surface area contributed by atoms with Gasteiger partial charge in [-0.2, -0.15) is 0 Å². The zero-order valence-corrected chi connectivity index (χ0v) is 12.2. The zero-order chi connectivity index (χ0) is 12.7. The van der Waals surface area contributed by atoms with Crippen molar-refractivity contribution in [1.29, 1.82) is 0 Å². The van der Waals surface area contributed by atoms with E-state index in [0.29, 0.717) is 0 Å². The second-order valence-electron chi connectivity index (χ2n) is 4.67. The van der Waals surface area contributed by atoms with Gasteiger partial charge >= 0.3 is 0 Å². The lowest BCUT2D eigenvalue weighted by molar-refractivity contribution is 0.512. The Hall–Kier alpha value is -0.610. The lowest BCUT2D eigenvalue weighted by atomic mass is 10.1. The van der Waals surface area contributed by atoms with Gasteiger partial charge in [-0.3, -0.25) is 4.79 Å². The molecule has 0 aliphatic heterocycles. The zero-order valence-electron chi connectivity index (χ0n) is 10.6. The number of nitrogens with zero attached hydrogens (tertiary/aromatic N) is 1. The van der Waals surface area contributed by atoms with Crippen LogP contribution in [0.1, 0.15) is 26.7 Å². The van der Waals surface area contributed by atoms with E-state index in [1.165, 1.54) is 12.8 Å². The number of hydrogen-bond donors (Lipinski definition) is 1. The van der Waals surface area contributed by atoms with Gasteiger partial charge in [0.2, 0.25) is 0 Å². The van der Waals surface area contributed by atoms with Crippen molar-refractivity contribution < 1.29 is 0 Å². The van der Waals surface area contributed by atoms with Gasteiger partial charge in [-0.05, 0) is 47.3 Å². The summed E-state index contributed by atoms with van der Waals surface area (Å²) in [4.78, 5) is 11.5. The first-order valence-electron chi connectivity index (χ1n) is 6.16. The molecule has 3 nitrogen and oxygen atoms in total. The Morgan fingerprint density at radius 1 is 1.35 bits per heavy atom. The Kier molecular flexibility index (Phi) is 6.52. The van der Waals surface area contributed by atoms with Gasteiger partial charge in [0.15, 0.2) is 0 Å². The van der Waals surface area contributed by atoms with E-state index in [1.54, 1.807) is 16.7 Å². The summed E-state index contributed by atoms with van der Waals surface area (Å²) in [5.41, 5.74) is 0.0529. The summed E-state index contributed by atoms with van der Waals surface area (Å²) < 4.78 is 2.66. The third kappa shape index (κ3) is 6.03. The lowest BCUT2D eigenvalue weighted by Crippen LogP contribution is -2.26. The van der Waals surface area contributed by atoms with Crippen molar-refractivity contribution >= 4 is 15.9 Å². The predicted molar refractivity (Wildman–Crippen MR) is 75.3 cm³/mol. The molecule has 1 N–H and O–H groups in total. The molecule has 0 aliphatic rings. The molecular formula is C13H21BrN2O. The summed E-state index contributed by atoms with van der Waals surface area (Å²) >= 11 is 3.37. The smallest absolute Gasteiger partial charge is 0.250 e. The summed E-state index contributed by atoms with van der Waals surface area (Å²) in [6, 6.07) is 3.36. The van der Waals surface area contributed by atoms with Gasteiger partial charge in [0.05, 0.1) is 0 Å². The average Bonchev–Trinajstić information content (AvgIpc) is 2.27. The fraction of sp³-hybridized carbons (Fsp3) is 0.615. The van der Waals surface area contributed by atoms with Crippen molar-refractivity contribution in [3.05, 3.63) is 33.2 Å². The first kappa shape index (κ1) is 14.5. The van der Waals surface area contributed by atoms with Gasteiger partial charge in [-0.15, -0.1) is 0 Å². The van der Waals surface area contributed by atoms with Crippen molar-refractivity contribution in [3.63, 3.8) is 0 Å². The van der Waals surface area contributed by atoms with E-state index >= 15 is 0 Å². The van der Waals surface area contributed by atoms with E-state index in [4.69, 9.17) is 0 Å². The molecule has 1 rings (SSSR count). The van der Waals surface area contributed by atoms with Gasteiger partial charge in [-0.1, -0.05) is 13.8 Å². The van der Waals surface area contributed by atoms with E-state index < -0.39 is 0 Å². The topological polar surface area (TPSA) is 34.0 Å². The third-order valence-corrected chi connectivity index (χ3v) is 3.08. The highest BCUT2D eigenvalue weighted by Gasteiger charge is 1.97. The SMILES string of the molecule is CC(C)CCCNCCn1cc(Br)ccc1=O. The molecule has 1 heterocycles. The second-order valence-corrected chi connectivity index (χ2v) is 5.58. The Morgan fingerprint density at radius 2 is 2.12 bits per heavy atom. The van der Waals surface area contributed by atoms with Crippen LogP contribution in [0.25, 0.3) is 0 Å². The van der Waals surface area contributed by atoms with E-state index in [1.807, 2.05) is 6.20 Å². The summed E-state index contributed by atoms with van der Waals surface area (Å²) in [7, 11) is 0. The van der Waals surface area contributed by atoms with Crippen LogP contribution >= 0.6 is 15.9 Å². The van der Waals surface area contributed by atoms with Gasteiger partial charge in [0.25, 0.3) is 5.56 Å². The number of hydrogen-bond acceptors (Lipinski definition) is 2. The molecule has 0 spiro atoms. The molecule has 1 aromatic heterocycles. The summed E-state index contributed by atoms with van der Waals surface area (Å²) in [5.74, 6) is 0.768.